The summed E-state index contributed by atoms with van der Waals surface area (Å²) in [5.74, 6) is 1.65. The average molecular weight is 313 g/mol. The van der Waals surface area contributed by atoms with Gasteiger partial charge in [0.1, 0.15) is 6.10 Å². The molecule has 0 heterocycles. The molecule has 6 heteroatoms. The minimum Gasteiger partial charge on any atom is -0.457 e. The van der Waals surface area contributed by atoms with E-state index in [4.69, 9.17) is 4.74 Å². The van der Waals surface area contributed by atoms with E-state index >= 15 is 0 Å². The summed E-state index contributed by atoms with van der Waals surface area (Å²) < 4.78 is 31.5. The van der Waals surface area contributed by atoms with Crippen LogP contribution in [-0.2, 0) is 19.6 Å². The fourth-order valence-corrected chi connectivity index (χ4v) is 5.57. The maximum atomic E-state index is 11.9. The van der Waals surface area contributed by atoms with Gasteiger partial charge in [-0.25, -0.2) is 17.9 Å². The first-order chi connectivity index (χ1) is 9.76. The van der Waals surface area contributed by atoms with Gasteiger partial charge in [-0.15, -0.1) is 0 Å². The van der Waals surface area contributed by atoms with Crippen LogP contribution in [-0.4, -0.2) is 32.8 Å². The molecule has 2 bridgehead atoms. The Morgan fingerprint density at radius 1 is 1.24 bits per heavy atom. The van der Waals surface area contributed by atoms with Crippen molar-refractivity contribution in [1.29, 1.82) is 0 Å². The van der Waals surface area contributed by atoms with Gasteiger partial charge in [0.25, 0.3) is 0 Å². The molecule has 0 aromatic carbocycles. The van der Waals surface area contributed by atoms with Crippen LogP contribution < -0.4 is 4.72 Å². The Morgan fingerprint density at radius 3 is 2.52 bits per heavy atom. The second-order valence-corrected chi connectivity index (χ2v) is 8.74. The van der Waals surface area contributed by atoms with Crippen molar-refractivity contribution in [2.45, 2.75) is 44.8 Å². The van der Waals surface area contributed by atoms with E-state index in [1.54, 1.807) is 6.92 Å². The van der Waals surface area contributed by atoms with E-state index in [-0.39, 0.29) is 12.1 Å². The summed E-state index contributed by atoms with van der Waals surface area (Å²) in [6, 6.07) is -0.290. The molecule has 0 saturated heterocycles. The first-order valence-corrected chi connectivity index (χ1v) is 9.49. The SMILES string of the molecule is C=C(C)C(=O)OC1C(NS(C)(=O)=O)CC2C3CCC(C3)C21. The summed E-state index contributed by atoms with van der Waals surface area (Å²) in [4.78, 5) is 11.9. The Balaban J connectivity index is 1.82. The van der Waals surface area contributed by atoms with Crippen molar-refractivity contribution in [1.82, 2.24) is 4.72 Å². The number of hydrogen-bond donors (Lipinski definition) is 1. The maximum Gasteiger partial charge on any atom is 0.333 e. The lowest BCUT2D eigenvalue weighted by Gasteiger charge is -2.30. The minimum absolute atomic E-state index is 0.290. The molecule has 3 saturated carbocycles. The molecule has 118 valence electrons. The van der Waals surface area contributed by atoms with Crippen LogP contribution in [0.15, 0.2) is 12.2 Å². The Kier molecular flexibility index (Phi) is 3.64. The normalized spacial score (nSPS) is 41.0. The number of carbonyl (C=O) groups excluding carboxylic acids is 1. The molecule has 0 amide bonds. The van der Waals surface area contributed by atoms with Crippen LogP contribution in [0.1, 0.15) is 32.6 Å². The average Bonchev–Trinajstić information content (AvgIpc) is 3.00. The number of carbonyl (C=O) groups is 1. The van der Waals surface area contributed by atoms with Crippen LogP contribution in [0.5, 0.6) is 0 Å². The van der Waals surface area contributed by atoms with Gasteiger partial charge in [0.2, 0.25) is 10.0 Å². The van der Waals surface area contributed by atoms with E-state index in [2.05, 4.69) is 11.3 Å². The van der Waals surface area contributed by atoms with E-state index in [1.165, 1.54) is 19.3 Å². The molecular weight excluding hydrogens is 290 g/mol. The van der Waals surface area contributed by atoms with Crippen LogP contribution in [0.25, 0.3) is 0 Å². The first kappa shape index (κ1) is 15.0. The quantitative estimate of drug-likeness (QED) is 0.630. The third-order valence-electron chi connectivity index (χ3n) is 5.42. The highest BCUT2D eigenvalue weighted by molar-refractivity contribution is 7.88. The third kappa shape index (κ3) is 2.75. The minimum atomic E-state index is -3.31. The summed E-state index contributed by atoms with van der Waals surface area (Å²) in [5.41, 5.74) is 0.361. The van der Waals surface area contributed by atoms with Gasteiger partial charge in [-0.1, -0.05) is 6.58 Å². The molecule has 0 aliphatic heterocycles. The number of hydrogen-bond acceptors (Lipinski definition) is 4. The molecule has 0 aromatic heterocycles. The molecular formula is C15H23NO4S. The second kappa shape index (κ2) is 5.09. The molecule has 6 unspecified atom stereocenters. The second-order valence-electron chi connectivity index (χ2n) is 6.96. The standard InChI is InChI=1S/C15H23NO4S/c1-8(2)15(17)20-14-12(16-21(3,18)19)7-11-9-4-5-10(6-9)13(11)14/h9-14,16H,1,4-7H2,2-3H3. The monoisotopic (exact) mass is 313 g/mol. The molecule has 0 spiro atoms. The summed E-state index contributed by atoms with van der Waals surface area (Å²) in [5, 5.41) is 0. The summed E-state index contributed by atoms with van der Waals surface area (Å²) >= 11 is 0. The number of rotatable bonds is 4. The Bertz CT molecular complexity index is 570. The molecule has 0 aromatic rings. The highest BCUT2D eigenvalue weighted by Gasteiger charge is 2.58. The van der Waals surface area contributed by atoms with Gasteiger partial charge < -0.3 is 4.74 Å². The Labute approximate surface area is 126 Å². The lowest BCUT2D eigenvalue weighted by atomic mass is 9.81. The zero-order valence-electron chi connectivity index (χ0n) is 12.5. The van der Waals surface area contributed by atoms with Gasteiger partial charge in [-0.2, -0.15) is 0 Å². The number of ether oxygens (including phenoxy) is 1. The molecule has 1 N–H and O–H groups in total. The molecule has 3 aliphatic carbocycles. The Morgan fingerprint density at radius 2 is 1.90 bits per heavy atom. The topological polar surface area (TPSA) is 72.5 Å². The molecule has 3 fully saturated rings. The van der Waals surface area contributed by atoms with Crippen LogP contribution in [0.3, 0.4) is 0 Å². The predicted molar refractivity (Wildman–Crippen MR) is 78.9 cm³/mol. The van der Waals surface area contributed by atoms with Crippen LogP contribution in [0.4, 0.5) is 0 Å². The van der Waals surface area contributed by atoms with Crippen molar-refractivity contribution in [2.24, 2.45) is 23.7 Å². The van der Waals surface area contributed by atoms with E-state index in [9.17, 15) is 13.2 Å². The van der Waals surface area contributed by atoms with Gasteiger partial charge in [0.05, 0.1) is 12.3 Å². The largest absolute Gasteiger partial charge is 0.457 e. The highest BCUT2D eigenvalue weighted by atomic mass is 32.2. The van der Waals surface area contributed by atoms with Gasteiger partial charge in [-0.05, 0) is 50.4 Å². The molecule has 3 rings (SSSR count). The molecule has 21 heavy (non-hydrogen) atoms. The molecule has 5 nitrogen and oxygen atoms in total. The van der Waals surface area contributed by atoms with Crippen molar-refractivity contribution in [3.8, 4) is 0 Å². The number of nitrogens with one attached hydrogen (secondary N) is 1. The zero-order chi connectivity index (χ0) is 15.4. The van der Waals surface area contributed by atoms with Crippen molar-refractivity contribution in [2.75, 3.05) is 6.26 Å². The summed E-state index contributed by atoms with van der Waals surface area (Å²) in [6.45, 7) is 5.24. The van der Waals surface area contributed by atoms with Gasteiger partial charge >= 0.3 is 5.97 Å². The predicted octanol–water partition coefficient (Wildman–Crippen LogP) is 1.46. The fourth-order valence-electron chi connectivity index (χ4n) is 4.79. The molecule has 3 aliphatic rings. The van der Waals surface area contributed by atoms with E-state index in [0.29, 0.717) is 29.2 Å². The number of esters is 1. The van der Waals surface area contributed by atoms with E-state index in [0.717, 1.165) is 12.7 Å². The first-order valence-electron chi connectivity index (χ1n) is 7.60. The van der Waals surface area contributed by atoms with Crippen LogP contribution >= 0.6 is 0 Å². The van der Waals surface area contributed by atoms with Gasteiger partial charge in [0, 0.05) is 11.5 Å². The Hall–Kier alpha value is -0.880. The zero-order valence-corrected chi connectivity index (χ0v) is 13.4. The van der Waals surface area contributed by atoms with E-state index in [1.807, 2.05) is 0 Å². The van der Waals surface area contributed by atoms with Crippen molar-refractivity contribution in [3.05, 3.63) is 12.2 Å². The van der Waals surface area contributed by atoms with Crippen molar-refractivity contribution < 1.29 is 17.9 Å². The van der Waals surface area contributed by atoms with Crippen LogP contribution in [0, 0.1) is 23.7 Å². The smallest absolute Gasteiger partial charge is 0.333 e. The van der Waals surface area contributed by atoms with Crippen LogP contribution in [0.2, 0.25) is 0 Å². The maximum absolute atomic E-state index is 11.9. The number of sulfonamides is 1. The lowest BCUT2D eigenvalue weighted by Crippen LogP contribution is -2.44. The molecule has 6 atom stereocenters. The molecule has 0 radical (unpaired) electrons. The van der Waals surface area contributed by atoms with Gasteiger partial charge in [0.15, 0.2) is 0 Å². The van der Waals surface area contributed by atoms with Gasteiger partial charge in [-0.3, -0.25) is 0 Å². The third-order valence-corrected chi connectivity index (χ3v) is 6.15. The summed E-state index contributed by atoms with van der Waals surface area (Å²) in [7, 11) is -3.31. The fraction of sp³-hybridized carbons (Fsp3) is 0.800. The highest BCUT2D eigenvalue weighted by Crippen LogP contribution is 2.59. The lowest BCUT2D eigenvalue weighted by molar-refractivity contribution is -0.148. The summed E-state index contributed by atoms with van der Waals surface area (Å²) in [6.07, 6.45) is 5.23. The van der Waals surface area contributed by atoms with E-state index < -0.39 is 16.0 Å². The van der Waals surface area contributed by atoms with Crippen molar-refractivity contribution >= 4 is 16.0 Å². The van der Waals surface area contributed by atoms with Crippen molar-refractivity contribution in [3.63, 3.8) is 0 Å². The number of fused-ring (bicyclic) bond motifs is 5.